The molecule has 0 unspecified atom stereocenters. The number of benzene rings is 2. The lowest BCUT2D eigenvalue weighted by atomic mass is 10.1. The van der Waals surface area contributed by atoms with Crippen molar-refractivity contribution in [1.29, 1.82) is 0 Å². The van der Waals surface area contributed by atoms with E-state index in [9.17, 15) is 24.1 Å². The average molecular weight is 442 g/mol. The second kappa shape index (κ2) is 9.21. The molecule has 2 aromatic carbocycles. The van der Waals surface area contributed by atoms with Crippen LogP contribution in [0, 0.1) is 15.9 Å². The number of aryl methyl sites for hydroxylation is 1. The smallest absolute Gasteiger partial charge is 0.407 e. The fourth-order valence-corrected chi connectivity index (χ4v) is 4.01. The molecule has 1 amide bonds. The molecule has 3 aromatic rings. The number of amides is 1. The highest BCUT2D eigenvalue weighted by molar-refractivity contribution is 5.94. The number of piperidine rings is 1. The van der Waals surface area contributed by atoms with Crippen molar-refractivity contribution in [3.8, 4) is 0 Å². The normalized spacial score (nSPS) is 14.0. The molecule has 0 spiro atoms. The van der Waals surface area contributed by atoms with Crippen molar-refractivity contribution < 1.29 is 18.5 Å². The summed E-state index contributed by atoms with van der Waals surface area (Å²) in [5, 5.41) is 13.7. The van der Waals surface area contributed by atoms with Crippen molar-refractivity contribution in [2.24, 2.45) is 0 Å². The van der Waals surface area contributed by atoms with Gasteiger partial charge >= 0.3 is 5.76 Å². The molecule has 1 aromatic heterocycles. The van der Waals surface area contributed by atoms with Gasteiger partial charge in [-0.3, -0.25) is 19.5 Å². The van der Waals surface area contributed by atoms with Crippen molar-refractivity contribution in [1.82, 2.24) is 4.57 Å². The van der Waals surface area contributed by atoms with Crippen LogP contribution in [0.5, 0.6) is 0 Å². The first-order valence-corrected chi connectivity index (χ1v) is 10.5. The van der Waals surface area contributed by atoms with Crippen LogP contribution in [-0.2, 0) is 11.3 Å². The van der Waals surface area contributed by atoms with Gasteiger partial charge in [-0.05, 0) is 49.9 Å². The fraction of sp³-hybridized carbons (Fsp3) is 0.364. The molecule has 2 heterocycles. The molecule has 32 heavy (non-hydrogen) atoms. The van der Waals surface area contributed by atoms with Crippen molar-refractivity contribution >= 4 is 34.1 Å². The molecular weight excluding hydrogens is 419 g/mol. The second-order valence-corrected chi connectivity index (χ2v) is 7.79. The molecule has 1 N–H and O–H groups in total. The van der Waals surface area contributed by atoms with Crippen LogP contribution < -0.4 is 16.0 Å². The quantitative estimate of drug-likeness (QED) is 0.437. The van der Waals surface area contributed by atoms with Crippen LogP contribution >= 0.6 is 0 Å². The third kappa shape index (κ3) is 4.63. The molecule has 1 aliphatic rings. The number of nitrogens with one attached hydrogen (secondary N) is 1. The summed E-state index contributed by atoms with van der Waals surface area (Å²) in [5.74, 6) is -1.35. The summed E-state index contributed by atoms with van der Waals surface area (Å²) in [6.07, 6.45) is 3.73. The van der Waals surface area contributed by atoms with Gasteiger partial charge in [-0.25, -0.2) is 9.18 Å². The highest BCUT2D eigenvalue weighted by atomic mass is 19.1. The summed E-state index contributed by atoms with van der Waals surface area (Å²) < 4.78 is 20.2. The van der Waals surface area contributed by atoms with Crippen LogP contribution in [0.2, 0.25) is 0 Å². The van der Waals surface area contributed by atoms with E-state index in [1.165, 1.54) is 34.9 Å². The van der Waals surface area contributed by atoms with Crippen molar-refractivity contribution in [2.45, 2.75) is 38.6 Å². The number of hydrogen-bond donors (Lipinski definition) is 1. The molecule has 0 radical (unpaired) electrons. The van der Waals surface area contributed by atoms with Crippen LogP contribution in [0.4, 0.5) is 21.5 Å². The predicted molar refractivity (Wildman–Crippen MR) is 117 cm³/mol. The monoisotopic (exact) mass is 442 g/mol. The van der Waals surface area contributed by atoms with E-state index in [0.29, 0.717) is 17.6 Å². The third-order valence-corrected chi connectivity index (χ3v) is 5.58. The Balaban J connectivity index is 1.41. The van der Waals surface area contributed by atoms with E-state index in [1.54, 1.807) is 6.07 Å². The number of carbonyl (C=O) groups is 1. The Bertz CT molecular complexity index is 1210. The zero-order valence-electron chi connectivity index (χ0n) is 17.4. The Morgan fingerprint density at radius 3 is 2.69 bits per heavy atom. The molecule has 1 aliphatic heterocycles. The summed E-state index contributed by atoms with van der Waals surface area (Å²) in [4.78, 5) is 37.1. The lowest BCUT2D eigenvalue weighted by Gasteiger charge is -2.30. The van der Waals surface area contributed by atoms with Crippen LogP contribution in [-0.4, -0.2) is 28.5 Å². The van der Waals surface area contributed by atoms with Gasteiger partial charge < -0.3 is 14.6 Å². The van der Waals surface area contributed by atoms with Gasteiger partial charge in [0.25, 0.3) is 5.69 Å². The maximum Gasteiger partial charge on any atom is 0.419 e. The van der Waals surface area contributed by atoms with Gasteiger partial charge in [0.15, 0.2) is 5.58 Å². The average Bonchev–Trinajstić information content (AvgIpc) is 3.09. The van der Waals surface area contributed by atoms with Crippen molar-refractivity contribution in [3.05, 3.63) is 62.9 Å². The molecule has 9 nitrogen and oxygen atoms in total. The Morgan fingerprint density at radius 1 is 1.16 bits per heavy atom. The zero-order valence-corrected chi connectivity index (χ0v) is 17.4. The Labute approximate surface area is 182 Å². The highest BCUT2D eigenvalue weighted by Gasteiger charge is 2.17. The molecule has 0 bridgehead atoms. The van der Waals surface area contributed by atoms with E-state index in [4.69, 9.17) is 4.42 Å². The van der Waals surface area contributed by atoms with E-state index in [-0.39, 0.29) is 30.1 Å². The van der Waals surface area contributed by atoms with Gasteiger partial charge in [0.05, 0.1) is 27.9 Å². The lowest BCUT2D eigenvalue weighted by molar-refractivity contribution is -0.384. The standard InChI is InChI=1S/C22H23FN4O5/c23-15-6-8-18(25-10-2-1-3-11-25)17(13-15)24-21(28)5-4-12-26-19-9-7-16(27(30)31)14-20(19)32-22(26)29/h6-9,13-14H,1-5,10-12H2,(H,24,28). The van der Waals surface area contributed by atoms with Crippen LogP contribution in [0.1, 0.15) is 32.1 Å². The first-order chi connectivity index (χ1) is 15.4. The molecule has 10 heteroatoms. The molecule has 1 saturated heterocycles. The fourth-order valence-electron chi connectivity index (χ4n) is 4.01. The molecule has 4 rings (SSSR count). The SMILES string of the molecule is O=C(CCCn1c(=O)oc2cc([N+](=O)[O-])ccc21)Nc1cc(F)ccc1N1CCCCC1. The van der Waals surface area contributed by atoms with E-state index in [1.807, 2.05) is 0 Å². The van der Waals surface area contributed by atoms with Crippen molar-refractivity contribution in [2.75, 3.05) is 23.3 Å². The van der Waals surface area contributed by atoms with E-state index < -0.39 is 16.5 Å². The maximum atomic E-state index is 13.8. The number of nitrogens with zero attached hydrogens (tertiary/aromatic N) is 3. The van der Waals surface area contributed by atoms with Crippen molar-refractivity contribution in [3.63, 3.8) is 0 Å². The van der Waals surface area contributed by atoms with Gasteiger partial charge in [0.1, 0.15) is 5.82 Å². The Kier molecular flexibility index (Phi) is 6.20. The van der Waals surface area contributed by atoms with Crippen LogP contribution in [0.25, 0.3) is 11.1 Å². The molecule has 1 fully saturated rings. The number of nitro benzene ring substituents is 1. The second-order valence-electron chi connectivity index (χ2n) is 7.79. The number of fused-ring (bicyclic) bond motifs is 1. The van der Waals surface area contributed by atoms with E-state index in [0.717, 1.165) is 38.0 Å². The molecule has 0 saturated carbocycles. The summed E-state index contributed by atoms with van der Waals surface area (Å²) in [7, 11) is 0. The molecule has 0 aliphatic carbocycles. The van der Waals surface area contributed by atoms with Crippen LogP contribution in [0.15, 0.2) is 45.6 Å². The number of halogens is 1. The number of oxazole rings is 1. The number of carbonyl (C=O) groups excluding carboxylic acids is 1. The molecule has 0 atom stereocenters. The number of non-ortho nitro benzene ring substituents is 1. The van der Waals surface area contributed by atoms with Gasteiger partial charge in [0.2, 0.25) is 5.91 Å². The minimum atomic E-state index is -0.640. The summed E-state index contributed by atoms with van der Waals surface area (Å²) in [5.41, 5.74) is 1.63. The number of anilines is 2. The van der Waals surface area contributed by atoms with E-state index in [2.05, 4.69) is 10.2 Å². The zero-order chi connectivity index (χ0) is 22.7. The topological polar surface area (TPSA) is 111 Å². The first-order valence-electron chi connectivity index (χ1n) is 10.5. The Hall–Kier alpha value is -3.69. The predicted octanol–water partition coefficient (Wildman–Crippen LogP) is 4.05. The number of nitro groups is 1. The van der Waals surface area contributed by atoms with Gasteiger partial charge in [-0.2, -0.15) is 0 Å². The number of hydrogen-bond acceptors (Lipinski definition) is 6. The third-order valence-electron chi connectivity index (χ3n) is 5.58. The first kappa shape index (κ1) is 21.5. The van der Waals surface area contributed by atoms with E-state index >= 15 is 0 Å². The maximum absolute atomic E-state index is 13.8. The largest absolute Gasteiger partial charge is 0.419 e. The molecule has 168 valence electrons. The van der Waals surface area contributed by atoms with Crippen LogP contribution in [0.3, 0.4) is 0 Å². The lowest BCUT2D eigenvalue weighted by Crippen LogP contribution is -2.30. The minimum absolute atomic E-state index is 0.113. The number of rotatable bonds is 7. The summed E-state index contributed by atoms with van der Waals surface area (Å²) in [6.45, 7) is 1.94. The highest BCUT2D eigenvalue weighted by Crippen LogP contribution is 2.29. The minimum Gasteiger partial charge on any atom is -0.407 e. The van der Waals surface area contributed by atoms with Gasteiger partial charge in [-0.1, -0.05) is 0 Å². The van der Waals surface area contributed by atoms with Gasteiger partial charge in [0, 0.05) is 32.1 Å². The van der Waals surface area contributed by atoms with Gasteiger partial charge in [-0.15, -0.1) is 0 Å². The summed E-state index contributed by atoms with van der Waals surface area (Å²) in [6, 6.07) is 8.35. The Morgan fingerprint density at radius 2 is 1.94 bits per heavy atom. The number of aromatic nitrogens is 1. The summed E-state index contributed by atoms with van der Waals surface area (Å²) >= 11 is 0. The molecular formula is C22H23FN4O5.